The van der Waals surface area contributed by atoms with Crippen molar-refractivity contribution < 1.29 is 9.59 Å². The Bertz CT molecular complexity index is 539. The summed E-state index contributed by atoms with van der Waals surface area (Å²) in [7, 11) is 2.06. The number of hydrogen-bond acceptors (Lipinski definition) is 4. The van der Waals surface area contributed by atoms with E-state index in [4.69, 9.17) is 0 Å². The van der Waals surface area contributed by atoms with Gasteiger partial charge in [0.1, 0.15) is 6.04 Å². The summed E-state index contributed by atoms with van der Waals surface area (Å²) >= 11 is 1.60. The number of rotatable bonds is 5. The predicted octanol–water partition coefficient (Wildman–Crippen LogP) is 1.37. The standard InChI is InChI=1S/C17H25N3O2S/c1-13-4-6-15(7-5-13)23-12-16(18-14(2)21)17(22)20-10-8-19(3)9-11-20/h4-7,16H,8-12H2,1-3H3,(H,18,21). The molecule has 0 saturated carbocycles. The number of amides is 2. The van der Waals surface area contributed by atoms with Gasteiger partial charge >= 0.3 is 0 Å². The number of piperazine rings is 1. The molecule has 5 nitrogen and oxygen atoms in total. The van der Waals surface area contributed by atoms with Gasteiger partial charge in [-0.3, -0.25) is 9.59 Å². The fraction of sp³-hybridized carbons (Fsp3) is 0.529. The molecule has 2 amide bonds. The SMILES string of the molecule is CC(=O)NC(CSc1ccc(C)cc1)C(=O)N1CCN(C)CC1. The quantitative estimate of drug-likeness (QED) is 0.826. The van der Waals surface area contributed by atoms with Gasteiger partial charge in [-0.2, -0.15) is 0 Å². The molecule has 1 saturated heterocycles. The lowest BCUT2D eigenvalue weighted by Crippen LogP contribution is -2.54. The molecule has 0 aliphatic carbocycles. The number of hydrogen-bond donors (Lipinski definition) is 1. The first-order valence-corrected chi connectivity index (χ1v) is 8.88. The van der Waals surface area contributed by atoms with Crippen molar-refractivity contribution in [3.63, 3.8) is 0 Å². The fourth-order valence-corrected chi connectivity index (χ4v) is 3.39. The van der Waals surface area contributed by atoms with Gasteiger partial charge in [0.15, 0.2) is 0 Å². The van der Waals surface area contributed by atoms with Crippen molar-refractivity contribution in [3.8, 4) is 0 Å². The molecule has 1 aromatic rings. The van der Waals surface area contributed by atoms with Gasteiger partial charge < -0.3 is 15.1 Å². The van der Waals surface area contributed by atoms with Crippen LogP contribution in [0.25, 0.3) is 0 Å². The van der Waals surface area contributed by atoms with E-state index in [2.05, 4.69) is 29.4 Å². The molecule has 1 atom stereocenters. The molecule has 1 fully saturated rings. The number of aryl methyl sites for hydroxylation is 1. The third kappa shape index (κ3) is 5.55. The lowest BCUT2D eigenvalue weighted by molar-refractivity contribution is -0.136. The van der Waals surface area contributed by atoms with Crippen LogP contribution in [0.2, 0.25) is 0 Å². The summed E-state index contributed by atoms with van der Waals surface area (Å²) < 4.78 is 0. The van der Waals surface area contributed by atoms with Crippen LogP contribution in [0.4, 0.5) is 0 Å². The summed E-state index contributed by atoms with van der Waals surface area (Å²) in [5.74, 6) is 0.406. The maximum Gasteiger partial charge on any atom is 0.246 e. The highest BCUT2D eigenvalue weighted by molar-refractivity contribution is 7.99. The van der Waals surface area contributed by atoms with E-state index in [1.807, 2.05) is 24.0 Å². The van der Waals surface area contributed by atoms with Crippen LogP contribution in [0.5, 0.6) is 0 Å². The zero-order valence-corrected chi connectivity index (χ0v) is 14.9. The van der Waals surface area contributed by atoms with Gasteiger partial charge in [0.05, 0.1) is 0 Å². The predicted molar refractivity (Wildman–Crippen MR) is 93.6 cm³/mol. The van der Waals surface area contributed by atoms with Crippen molar-refractivity contribution in [1.82, 2.24) is 15.1 Å². The van der Waals surface area contributed by atoms with Gasteiger partial charge in [-0.05, 0) is 26.1 Å². The van der Waals surface area contributed by atoms with Gasteiger partial charge in [0.2, 0.25) is 11.8 Å². The van der Waals surface area contributed by atoms with Crippen LogP contribution in [0.1, 0.15) is 12.5 Å². The Hall–Kier alpha value is -1.53. The molecular weight excluding hydrogens is 310 g/mol. The van der Waals surface area contributed by atoms with Gasteiger partial charge in [-0.1, -0.05) is 17.7 Å². The summed E-state index contributed by atoms with van der Waals surface area (Å²) in [6.07, 6.45) is 0. The molecule has 0 bridgehead atoms. The molecule has 0 spiro atoms. The van der Waals surface area contributed by atoms with E-state index in [9.17, 15) is 9.59 Å². The maximum absolute atomic E-state index is 12.7. The minimum Gasteiger partial charge on any atom is -0.344 e. The van der Waals surface area contributed by atoms with E-state index in [0.29, 0.717) is 5.75 Å². The van der Waals surface area contributed by atoms with Gasteiger partial charge in [-0.15, -0.1) is 11.8 Å². The highest BCUT2D eigenvalue weighted by Crippen LogP contribution is 2.20. The Kier molecular flexibility index (Phi) is 6.47. The van der Waals surface area contributed by atoms with Crippen LogP contribution >= 0.6 is 11.8 Å². The third-order valence-corrected chi connectivity index (χ3v) is 5.03. The van der Waals surface area contributed by atoms with Crippen LogP contribution in [0, 0.1) is 6.92 Å². The lowest BCUT2D eigenvalue weighted by Gasteiger charge is -2.34. The Labute approximate surface area is 142 Å². The monoisotopic (exact) mass is 335 g/mol. The van der Waals surface area contributed by atoms with Crippen LogP contribution in [0.15, 0.2) is 29.2 Å². The normalized spacial score (nSPS) is 16.9. The van der Waals surface area contributed by atoms with Crippen LogP contribution in [-0.2, 0) is 9.59 Å². The van der Waals surface area contributed by atoms with Crippen LogP contribution < -0.4 is 5.32 Å². The van der Waals surface area contributed by atoms with Gasteiger partial charge in [0, 0.05) is 43.8 Å². The zero-order chi connectivity index (χ0) is 16.8. The molecule has 0 aromatic heterocycles. The molecular formula is C17H25N3O2S. The summed E-state index contributed by atoms with van der Waals surface area (Å²) in [6, 6.07) is 7.73. The van der Waals surface area contributed by atoms with Crippen molar-refractivity contribution in [1.29, 1.82) is 0 Å². The number of likely N-dealkylation sites (N-methyl/N-ethyl adjacent to an activating group) is 1. The molecule has 1 heterocycles. The molecule has 1 aromatic carbocycles. The number of carbonyl (C=O) groups excluding carboxylic acids is 2. The highest BCUT2D eigenvalue weighted by Gasteiger charge is 2.27. The van der Waals surface area contributed by atoms with E-state index < -0.39 is 6.04 Å². The molecule has 126 valence electrons. The Morgan fingerprint density at radius 2 is 1.78 bits per heavy atom. The molecule has 2 rings (SSSR count). The minimum atomic E-state index is -0.470. The lowest BCUT2D eigenvalue weighted by atomic mass is 10.2. The second kappa shape index (κ2) is 8.36. The summed E-state index contributed by atoms with van der Waals surface area (Å²) in [5, 5.41) is 2.81. The second-order valence-electron chi connectivity index (χ2n) is 6.01. The maximum atomic E-state index is 12.7. The molecule has 6 heteroatoms. The Morgan fingerprint density at radius 3 is 2.35 bits per heavy atom. The van der Waals surface area contributed by atoms with Crippen LogP contribution in [-0.4, -0.2) is 66.6 Å². The van der Waals surface area contributed by atoms with Crippen molar-refractivity contribution in [2.45, 2.75) is 24.8 Å². The van der Waals surface area contributed by atoms with Gasteiger partial charge in [0.25, 0.3) is 0 Å². The average Bonchev–Trinajstić information content (AvgIpc) is 2.52. The molecule has 1 unspecified atom stereocenters. The first-order valence-electron chi connectivity index (χ1n) is 7.89. The number of nitrogens with zero attached hydrogens (tertiary/aromatic N) is 2. The van der Waals surface area contributed by atoms with E-state index in [0.717, 1.165) is 31.1 Å². The number of thioether (sulfide) groups is 1. The van der Waals surface area contributed by atoms with E-state index in [-0.39, 0.29) is 11.8 Å². The van der Waals surface area contributed by atoms with E-state index in [1.165, 1.54) is 12.5 Å². The largest absolute Gasteiger partial charge is 0.344 e. The van der Waals surface area contributed by atoms with Crippen molar-refractivity contribution in [2.24, 2.45) is 0 Å². The molecule has 0 radical (unpaired) electrons. The van der Waals surface area contributed by atoms with Crippen molar-refractivity contribution in [3.05, 3.63) is 29.8 Å². The summed E-state index contributed by atoms with van der Waals surface area (Å²) in [4.78, 5) is 29.3. The van der Waals surface area contributed by atoms with Crippen LogP contribution in [0.3, 0.4) is 0 Å². The zero-order valence-electron chi connectivity index (χ0n) is 14.0. The van der Waals surface area contributed by atoms with Crippen molar-refractivity contribution >= 4 is 23.6 Å². The fourth-order valence-electron chi connectivity index (χ4n) is 2.48. The second-order valence-corrected chi connectivity index (χ2v) is 7.10. The number of nitrogens with one attached hydrogen (secondary N) is 1. The van der Waals surface area contributed by atoms with Crippen molar-refractivity contribution in [2.75, 3.05) is 39.0 Å². The van der Waals surface area contributed by atoms with E-state index in [1.54, 1.807) is 11.8 Å². The molecule has 1 N–H and O–H groups in total. The number of benzene rings is 1. The summed E-state index contributed by atoms with van der Waals surface area (Å²) in [5.41, 5.74) is 1.21. The van der Waals surface area contributed by atoms with E-state index >= 15 is 0 Å². The minimum absolute atomic E-state index is 0.0212. The third-order valence-electron chi connectivity index (χ3n) is 3.93. The van der Waals surface area contributed by atoms with Gasteiger partial charge in [-0.25, -0.2) is 0 Å². The average molecular weight is 335 g/mol. The molecule has 1 aliphatic rings. The Balaban J connectivity index is 1.96. The molecule has 23 heavy (non-hydrogen) atoms. The molecule has 1 aliphatic heterocycles. The topological polar surface area (TPSA) is 52.7 Å². The smallest absolute Gasteiger partial charge is 0.246 e. The summed E-state index contributed by atoms with van der Waals surface area (Å²) in [6.45, 7) is 6.71. The first-order chi connectivity index (χ1) is 11.0. The Morgan fingerprint density at radius 1 is 1.17 bits per heavy atom. The highest BCUT2D eigenvalue weighted by atomic mass is 32.2. The first kappa shape index (κ1) is 17.8. The number of carbonyl (C=O) groups is 2.